The lowest BCUT2D eigenvalue weighted by atomic mass is 9.60. The molecule has 2 saturated heterocycles. The van der Waals surface area contributed by atoms with E-state index in [-0.39, 0.29) is 48.4 Å². The zero-order chi connectivity index (χ0) is 29.1. The van der Waals surface area contributed by atoms with Crippen molar-refractivity contribution in [1.82, 2.24) is 9.80 Å². The van der Waals surface area contributed by atoms with Crippen LogP contribution < -0.4 is 0 Å². The molecule has 1 aromatic carbocycles. The lowest BCUT2D eigenvalue weighted by Gasteiger charge is -2.41. The van der Waals surface area contributed by atoms with Gasteiger partial charge in [-0.3, -0.25) is 29.0 Å². The van der Waals surface area contributed by atoms with Gasteiger partial charge in [0.1, 0.15) is 18.1 Å². The molecular formula is C34H34N2O6. The van der Waals surface area contributed by atoms with Gasteiger partial charge in [0.25, 0.3) is 0 Å². The Morgan fingerprint density at radius 2 is 1.71 bits per heavy atom. The summed E-state index contributed by atoms with van der Waals surface area (Å²) in [5.74, 6) is -1.89. The van der Waals surface area contributed by atoms with Gasteiger partial charge in [-0.2, -0.15) is 0 Å². The smallest absolute Gasteiger partial charge is 0.233 e. The highest BCUT2D eigenvalue weighted by Gasteiger charge is 2.57. The van der Waals surface area contributed by atoms with Gasteiger partial charge in [0.05, 0.1) is 17.8 Å². The molecule has 7 rings (SSSR count). The number of hydrogen-bond acceptors (Lipinski definition) is 7. The van der Waals surface area contributed by atoms with Gasteiger partial charge < -0.3 is 9.52 Å². The number of allylic oxidation sites excluding steroid dienone is 6. The fourth-order valence-corrected chi connectivity index (χ4v) is 7.91. The predicted molar refractivity (Wildman–Crippen MR) is 153 cm³/mol. The van der Waals surface area contributed by atoms with E-state index in [0.717, 1.165) is 38.0 Å². The molecule has 2 aliphatic heterocycles. The van der Waals surface area contributed by atoms with Crippen LogP contribution in [0.25, 0.3) is 0 Å². The molecule has 216 valence electrons. The molecule has 1 aromatic heterocycles. The summed E-state index contributed by atoms with van der Waals surface area (Å²) in [4.78, 5) is 58.6. The van der Waals surface area contributed by atoms with Gasteiger partial charge in [0.15, 0.2) is 11.6 Å². The fourth-order valence-electron chi connectivity index (χ4n) is 7.91. The number of piperidine rings is 1. The van der Waals surface area contributed by atoms with E-state index in [9.17, 15) is 24.3 Å². The SMILES string of the molecule is CC1=CC(=O)C2=C(C[C@@H]3C(=CC[C@@H]4C(=O)N(C5CCN(Cc6ccccc6)CC5)C(=O)[C@@H]43)[C@@H]2c2ccc(CO)o2)C1=O. The highest BCUT2D eigenvalue weighted by molar-refractivity contribution is 6.23. The number of Topliss-reactive ketones (excluding diaryl/α,β-unsaturated/α-hetero) is 1. The van der Waals surface area contributed by atoms with Crippen LogP contribution in [0.1, 0.15) is 55.6 Å². The molecule has 0 spiro atoms. The number of benzene rings is 1. The number of aliphatic hydroxyl groups excluding tert-OH is 1. The van der Waals surface area contributed by atoms with E-state index in [1.54, 1.807) is 24.0 Å². The Bertz CT molecular complexity index is 1570. The highest BCUT2D eigenvalue weighted by atomic mass is 16.4. The standard InChI is InChI=1S/C34H34N2O6/c1-19-15-27(38)30-26(32(19)39)16-25-23(31(30)28-10-7-22(18-37)42-28)8-9-24-29(25)34(41)36(33(24)40)21-11-13-35(14-12-21)17-20-5-3-2-4-6-20/h2-8,10,15,21,24-25,29,31,37H,9,11-14,16-18H2,1H3/t24-,25+,29-,31+/m0/s1. The topological polar surface area (TPSA) is 108 Å². The Morgan fingerprint density at radius 1 is 0.952 bits per heavy atom. The second-order valence-corrected chi connectivity index (χ2v) is 12.2. The normalized spacial score (nSPS) is 28.5. The molecule has 2 aromatic rings. The van der Waals surface area contributed by atoms with E-state index < -0.39 is 17.8 Å². The van der Waals surface area contributed by atoms with Crippen molar-refractivity contribution in [1.29, 1.82) is 0 Å². The van der Waals surface area contributed by atoms with Gasteiger partial charge in [-0.15, -0.1) is 0 Å². The van der Waals surface area contributed by atoms with Gasteiger partial charge in [0.2, 0.25) is 11.8 Å². The summed E-state index contributed by atoms with van der Waals surface area (Å²) in [5.41, 5.74) is 3.31. The summed E-state index contributed by atoms with van der Waals surface area (Å²) in [6, 6.07) is 13.6. The van der Waals surface area contributed by atoms with Crippen LogP contribution in [0.3, 0.4) is 0 Å². The number of nitrogens with zero attached hydrogens (tertiary/aromatic N) is 2. The number of furan rings is 1. The lowest BCUT2D eigenvalue weighted by molar-refractivity contribution is -0.144. The first-order chi connectivity index (χ1) is 20.4. The predicted octanol–water partition coefficient (Wildman–Crippen LogP) is 3.87. The third-order valence-electron chi connectivity index (χ3n) is 9.89. The van der Waals surface area contributed by atoms with E-state index in [1.165, 1.54) is 11.6 Å². The second-order valence-electron chi connectivity index (χ2n) is 12.2. The minimum absolute atomic E-state index is 0.110. The summed E-state index contributed by atoms with van der Waals surface area (Å²) in [6.45, 7) is 3.82. The first kappa shape index (κ1) is 27.0. The third-order valence-corrected chi connectivity index (χ3v) is 9.89. The second kappa shape index (κ2) is 10.4. The molecule has 0 saturated carbocycles. The van der Waals surface area contributed by atoms with E-state index in [2.05, 4.69) is 17.0 Å². The Labute approximate surface area is 244 Å². The zero-order valence-electron chi connectivity index (χ0n) is 23.6. The molecule has 8 heteroatoms. The number of imide groups is 1. The molecule has 42 heavy (non-hydrogen) atoms. The molecule has 1 N–H and O–H groups in total. The molecule has 2 amide bonds. The number of carbonyl (C=O) groups excluding carboxylic acids is 4. The number of carbonyl (C=O) groups is 4. The number of aliphatic hydroxyl groups is 1. The Kier molecular flexibility index (Phi) is 6.71. The van der Waals surface area contributed by atoms with Crippen LogP contribution in [0.5, 0.6) is 0 Å². The van der Waals surface area contributed by atoms with Crippen LogP contribution in [-0.4, -0.2) is 57.4 Å². The molecule has 0 unspecified atom stereocenters. The Morgan fingerprint density at radius 3 is 2.43 bits per heavy atom. The first-order valence-electron chi connectivity index (χ1n) is 14.9. The van der Waals surface area contributed by atoms with Crippen molar-refractivity contribution in [3.63, 3.8) is 0 Å². The van der Waals surface area contributed by atoms with Crippen LogP contribution in [0, 0.1) is 17.8 Å². The minimum Gasteiger partial charge on any atom is -0.463 e. The van der Waals surface area contributed by atoms with Gasteiger partial charge in [0, 0.05) is 42.4 Å². The molecule has 4 atom stereocenters. The highest BCUT2D eigenvalue weighted by Crippen LogP contribution is 2.55. The van der Waals surface area contributed by atoms with E-state index in [4.69, 9.17) is 4.42 Å². The summed E-state index contributed by atoms with van der Waals surface area (Å²) in [6.07, 6.45) is 5.52. The van der Waals surface area contributed by atoms with E-state index in [1.807, 2.05) is 24.3 Å². The van der Waals surface area contributed by atoms with Crippen molar-refractivity contribution in [3.8, 4) is 0 Å². The van der Waals surface area contributed by atoms with Gasteiger partial charge in [-0.1, -0.05) is 42.0 Å². The molecular weight excluding hydrogens is 532 g/mol. The van der Waals surface area contributed by atoms with Crippen LogP contribution in [0.2, 0.25) is 0 Å². The van der Waals surface area contributed by atoms with Gasteiger partial charge in [-0.05, 0) is 62.3 Å². The molecule has 3 aliphatic carbocycles. The van der Waals surface area contributed by atoms with E-state index >= 15 is 0 Å². The average Bonchev–Trinajstić information content (AvgIpc) is 3.58. The van der Waals surface area contributed by atoms with Crippen LogP contribution in [0.4, 0.5) is 0 Å². The van der Waals surface area contributed by atoms with Crippen molar-refractivity contribution in [2.45, 2.75) is 57.7 Å². The number of hydrogen-bond donors (Lipinski definition) is 1. The number of amides is 2. The summed E-state index contributed by atoms with van der Waals surface area (Å²) < 4.78 is 5.93. The number of rotatable bonds is 5. The van der Waals surface area contributed by atoms with Crippen molar-refractivity contribution in [2.24, 2.45) is 17.8 Å². The molecule has 0 bridgehead atoms. The maximum atomic E-state index is 14.2. The molecule has 5 aliphatic rings. The first-order valence-corrected chi connectivity index (χ1v) is 14.9. The number of likely N-dealkylation sites (tertiary alicyclic amines) is 2. The average molecular weight is 567 g/mol. The molecule has 8 nitrogen and oxygen atoms in total. The maximum Gasteiger partial charge on any atom is 0.233 e. The molecule has 3 heterocycles. The molecule has 0 radical (unpaired) electrons. The minimum atomic E-state index is -0.626. The van der Waals surface area contributed by atoms with Crippen molar-refractivity contribution >= 4 is 23.4 Å². The van der Waals surface area contributed by atoms with Gasteiger partial charge >= 0.3 is 0 Å². The van der Waals surface area contributed by atoms with Crippen molar-refractivity contribution in [2.75, 3.05) is 13.1 Å². The van der Waals surface area contributed by atoms with E-state index in [0.29, 0.717) is 34.7 Å². The zero-order valence-corrected chi connectivity index (χ0v) is 23.6. The van der Waals surface area contributed by atoms with Crippen LogP contribution >= 0.6 is 0 Å². The van der Waals surface area contributed by atoms with Crippen LogP contribution in [0.15, 0.2) is 81.3 Å². The summed E-state index contributed by atoms with van der Waals surface area (Å²) in [7, 11) is 0. The van der Waals surface area contributed by atoms with Crippen molar-refractivity contribution < 1.29 is 28.7 Å². The summed E-state index contributed by atoms with van der Waals surface area (Å²) >= 11 is 0. The maximum absolute atomic E-state index is 14.2. The quantitative estimate of drug-likeness (QED) is 0.333. The molecule has 2 fully saturated rings. The number of ketones is 2. The van der Waals surface area contributed by atoms with Gasteiger partial charge in [-0.25, -0.2) is 0 Å². The Hall–Kier alpha value is -3.88. The largest absolute Gasteiger partial charge is 0.463 e. The van der Waals surface area contributed by atoms with Crippen LogP contribution in [-0.2, 0) is 32.3 Å². The Balaban J connectivity index is 1.17. The van der Waals surface area contributed by atoms with Crippen molar-refractivity contribution in [3.05, 3.63) is 94.0 Å². The monoisotopic (exact) mass is 566 g/mol. The third kappa shape index (κ3) is 4.27. The lowest BCUT2D eigenvalue weighted by Crippen LogP contribution is -2.47. The summed E-state index contributed by atoms with van der Waals surface area (Å²) in [5, 5.41) is 9.63. The fraction of sp³-hybridized carbons (Fsp3) is 0.412. The number of fused-ring (bicyclic) bond motifs is 3.